The van der Waals surface area contributed by atoms with E-state index in [1.54, 1.807) is 12.1 Å². The molecule has 2 aliphatic rings. The number of hydrogen-bond donors (Lipinski definition) is 0. The first-order chi connectivity index (χ1) is 26.1. The number of fused-ring (bicyclic) bond motifs is 15. The lowest BCUT2D eigenvalue weighted by Gasteiger charge is -2.31. The number of thiophene rings is 1. The van der Waals surface area contributed by atoms with Crippen LogP contribution in [-0.4, -0.2) is 12.6 Å². The average molecular weight is 742 g/mol. The van der Waals surface area contributed by atoms with E-state index in [2.05, 4.69) is 144 Å². The fourth-order valence-electron chi connectivity index (χ4n) is 9.38. The summed E-state index contributed by atoms with van der Waals surface area (Å²) in [4.78, 5) is 0. The van der Waals surface area contributed by atoms with Gasteiger partial charge in [0.15, 0.2) is 22.9 Å². The van der Waals surface area contributed by atoms with Crippen LogP contribution in [0.25, 0.3) is 70.7 Å². The van der Waals surface area contributed by atoms with Crippen molar-refractivity contribution in [1.29, 1.82) is 0 Å². The average Bonchev–Trinajstić information content (AvgIpc) is 3.72. The second kappa shape index (κ2) is 12.2. The van der Waals surface area contributed by atoms with Gasteiger partial charge in [0.1, 0.15) is 5.82 Å². The molecule has 0 spiro atoms. The second-order valence-corrected chi connectivity index (χ2v) is 22.7. The quantitative estimate of drug-likeness (QED) is 0.126. The number of pyridine rings is 1. The summed E-state index contributed by atoms with van der Waals surface area (Å²) in [7, 11) is -1.63. The molecular weight excluding hydrogens is 698 g/mol. The minimum absolute atomic E-state index is 0.0341. The number of hydrogen-bond acceptors (Lipinski definition) is 1. The predicted octanol–water partition coefficient (Wildman–Crippen LogP) is 11.6. The Bertz CT molecular complexity index is 2840. The van der Waals surface area contributed by atoms with Crippen molar-refractivity contribution in [2.75, 3.05) is 0 Å². The minimum atomic E-state index is -1.63. The van der Waals surface area contributed by atoms with Crippen molar-refractivity contribution in [1.82, 2.24) is 4.57 Å². The zero-order valence-corrected chi connectivity index (χ0v) is 33.3. The fraction of sp³-hybridized carbons (Fsp3) is 0.208. The maximum absolute atomic E-state index is 13.9. The van der Waals surface area contributed by atoms with Crippen LogP contribution in [0.3, 0.4) is 0 Å². The molecule has 5 aromatic carbocycles. The van der Waals surface area contributed by atoms with Gasteiger partial charge >= 0.3 is 0 Å². The Kier molecular flexibility index (Phi) is 7.53. The van der Waals surface area contributed by atoms with E-state index in [-0.39, 0.29) is 23.8 Å². The van der Waals surface area contributed by atoms with Gasteiger partial charge in [-0.05, 0) is 98.0 Å². The zero-order chi connectivity index (χ0) is 37.0. The number of aromatic nitrogens is 3. The van der Waals surface area contributed by atoms with E-state index in [4.69, 9.17) is 6.58 Å². The van der Waals surface area contributed by atoms with Crippen LogP contribution in [-0.2, 0) is 6.42 Å². The number of rotatable bonds is 3. The van der Waals surface area contributed by atoms with Gasteiger partial charge in [0, 0.05) is 32.3 Å². The minimum Gasteiger partial charge on any atom is -0.220 e. The van der Waals surface area contributed by atoms with Gasteiger partial charge in [-0.15, -0.1) is 11.3 Å². The number of nitrogens with zero attached hydrogens (tertiary/aromatic N) is 3. The van der Waals surface area contributed by atoms with Crippen molar-refractivity contribution >= 4 is 61.5 Å². The zero-order valence-electron chi connectivity index (χ0n) is 31.5. The molecule has 0 N–H and O–H groups in total. The van der Waals surface area contributed by atoms with E-state index in [1.807, 2.05) is 23.5 Å². The molecule has 0 aliphatic carbocycles. The van der Waals surface area contributed by atoms with E-state index in [0.717, 1.165) is 29.7 Å². The van der Waals surface area contributed by atoms with E-state index < -0.39 is 8.07 Å². The Morgan fingerprint density at radius 3 is 2.39 bits per heavy atom. The topological polar surface area (TPSA) is 12.7 Å². The Labute approximate surface area is 321 Å². The molecule has 5 heterocycles. The Balaban J connectivity index is 1.29. The maximum atomic E-state index is 13.9. The van der Waals surface area contributed by atoms with Gasteiger partial charge in [-0.3, -0.25) is 0 Å². The van der Waals surface area contributed by atoms with Gasteiger partial charge in [-0.2, -0.15) is 9.13 Å². The van der Waals surface area contributed by atoms with E-state index in [0.29, 0.717) is 0 Å². The molecule has 266 valence electrons. The summed E-state index contributed by atoms with van der Waals surface area (Å²) < 4.78 is 24.1. The molecule has 0 radical (unpaired) electrons. The third kappa shape index (κ3) is 4.96. The first-order valence-electron chi connectivity index (χ1n) is 19.2. The predicted molar refractivity (Wildman–Crippen MR) is 227 cm³/mol. The van der Waals surface area contributed by atoms with Crippen LogP contribution in [0.4, 0.5) is 4.39 Å². The number of benzene rings is 5. The van der Waals surface area contributed by atoms with Gasteiger partial charge in [0.05, 0.1) is 30.3 Å². The van der Waals surface area contributed by atoms with Crippen molar-refractivity contribution in [3.8, 4) is 33.8 Å². The molecule has 3 nitrogen and oxygen atoms in total. The lowest BCUT2D eigenvalue weighted by atomic mass is 9.78. The van der Waals surface area contributed by atoms with Gasteiger partial charge in [-0.25, -0.2) is 8.96 Å². The molecule has 2 unspecified atom stereocenters. The summed E-state index contributed by atoms with van der Waals surface area (Å²) in [6.07, 6.45) is 4.44. The third-order valence-corrected chi connectivity index (χ3v) is 15.2. The highest BCUT2D eigenvalue weighted by Crippen LogP contribution is 2.49. The van der Waals surface area contributed by atoms with Gasteiger partial charge in [0.25, 0.3) is 5.82 Å². The summed E-state index contributed by atoms with van der Waals surface area (Å²) in [5.41, 5.74) is 12.4. The fourth-order valence-corrected chi connectivity index (χ4v) is 11.7. The molecule has 2 aliphatic heterocycles. The summed E-state index contributed by atoms with van der Waals surface area (Å²) in [6, 6.07) is 41.4. The van der Waals surface area contributed by atoms with Gasteiger partial charge in [0.2, 0.25) is 11.7 Å². The van der Waals surface area contributed by atoms with Gasteiger partial charge < -0.3 is 0 Å². The molecule has 2 atom stereocenters. The summed E-state index contributed by atoms with van der Waals surface area (Å²) >= 11 is 1.89. The molecule has 6 heteroatoms. The summed E-state index contributed by atoms with van der Waals surface area (Å²) in [5.74, 6) is 1.24. The molecule has 10 rings (SSSR count). The maximum Gasteiger partial charge on any atom is 0.296 e. The lowest BCUT2D eigenvalue weighted by molar-refractivity contribution is -0.723. The number of aryl methyl sites for hydroxylation is 1. The molecule has 0 fully saturated rings. The smallest absolute Gasteiger partial charge is 0.220 e. The van der Waals surface area contributed by atoms with Crippen molar-refractivity contribution in [2.45, 2.75) is 64.3 Å². The lowest BCUT2D eigenvalue weighted by Crippen LogP contribution is -2.56. The molecule has 3 aromatic heterocycles. The van der Waals surface area contributed by atoms with Crippen LogP contribution in [0.15, 0.2) is 128 Å². The molecule has 0 bridgehead atoms. The highest BCUT2D eigenvalue weighted by Gasteiger charge is 2.48. The molecular formula is C48H44FN3SSi+2. The second-order valence-electron chi connectivity index (χ2n) is 16.5. The van der Waals surface area contributed by atoms with Crippen LogP contribution in [0, 0.1) is 5.82 Å². The van der Waals surface area contributed by atoms with Crippen molar-refractivity contribution in [2.24, 2.45) is 0 Å². The molecule has 0 saturated carbocycles. The van der Waals surface area contributed by atoms with E-state index in [9.17, 15) is 4.39 Å². The Morgan fingerprint density at radius 1 is 0.833 bits per heavy atom. The first-order valence-corrected chi connectivity index (χ1v) is 23.5. The van der Waals surface area contributed by atoms with Crippen LogP contribution >= 0.6 is 11.3 Å². The normalized spacial score (nSPS) is 16.8. The SMILES string of the molecule is C=C1C2C(CCc3ccc4c(sc5ccc(-c6ccc(F)cc6)cc54)c3-c3n(C(C)C)c4ccccc4[n+]31)c1ccccc1-c1ccc([Si](C)(C)C)c[n+]12. The number of allylic oxidation sites excluding steroid dienone is 1. The van der Waals surface area contributed by atoms with E-state index in [1.165, 1.54) is 70.2 Å². The standard InChI is InChI=1S/C48H44FN3SSi/c1-29(2)51-42-13-9-10-14-43(42)52-30(3)46-38(36-11-7-8-12-37(36)41-25-22-35(28-50(41)46)54(4,5)6)23-17-32-18-24-39-40-27-33(31-15-20-34(49)21-16-31)19-26-44(40)53-47(39)45(32)48(51)52/h7-16,18-22,24-29,38,46H,3,17,23H2,1-2,4-6H3/q+2. The molecule has 8 aromatic rings. The van der Waals surface area contributed by atoms with Crippen LogP contribution in [0.2, 0.25) is 19.6 Å². The monoisotopic (exact) mass is 741 g/mol. The van der Waals surface area contributed by atoms with Crippen LogP contribution in [0.5, 0.6) is 0 Å². The van der Waals surface area contributed by atoms with Crippen molar-refractivity contribution < 1.29 is 13.5 Å². The van der Waals surface area contributed by atoms with Crippen LogP contribution < -0.4 is 14.3 Å². The highest BCUT2D eigenvalue weighted by molar-refractivity contribution is 7.26. The summed E-state index contributed by atoms with van der Waals surface area (Å²) in [5, 5.41) is 3.96. The Morgan fingerprint density at radius 2 is 1.59 bits per heavy atom. The number of halogens is 1. The molecule has 0 amide bonds. The van der Waals surface area contributed by atoms with Crippen molar-refractivity contribution in [3.05, 3.63) is 145 Å². The van der Waals surface area contributed by atoms with Gasteiger partial charge in [-0.1, -0.05) is 86.4 Å². The molecule has 54 heavy (non-hydrogen) atoms. The highest BCUT2D eigenvalue weighted by atomic mass is 32.1. The largest absolute Gasteiger partial charge is 0.296 e. The first kappa shape index (κ1) is 33.4. The van der Waals surface area contributed by atoms with Crippen LogP contribution in [0.1, 0.15) is 49.4 Å². The Hall–Kier alpha value is -5.17. The third-order valence-electron chi connectivity index (χ3n) is 12.0. The van der Waals surface area contributed by atoms with E-state index >= 15 is 0 Å². The number of imidazole rings is 1. The molecule has 0 saturated heterocycles. The van der Waals surface area contributed by atoms with Crippen molar-refractivity contribution in [3.63, 3.8) is 0 Å². The number of para-hydroxylation sites is 2. The summed E-state index contributed by atoms with van der Waals surface area (Å²) in [6.45, 7) is 17.1.